The van der Waals surface area contributed by atoms with Crippen molar-refractivity contribution in [3.05, 3.63) is 0 Å². The van der Waals surface area contributed by atoms with Gasteiger partial charge in [-0.05, 0) is 0 Å². The predicted octanol–water partition coefficient (Wildman–Crippen LogP) is 0.706. The predicted molar refractivity (Wildman–Crippen MR) is 52.0 cm³/mol. The summed E-state index contributed by atoms with van der Waals surface area (Å²) in [5.74, 6) is 0. The summed E-state index contributed by atoms with van der Waals surface area (Å²) in [4.78, 5) is 0. The Balaban J connectivity index is 3.16. The van der Waals surface area contributed by atoms with E-state index in [1.54, 1.807) is 0 Å². The first kappa shape index (κ1) is 11.8. The van der Waals surface area contributed by atoms with Crippen LogP contribution >= 0.6 is 15.9 Å². The Morgan fingerprint density at radius 1 is 1.45 bits per heavy atom. The molecule has 68 valence electrons. The molecule has 11 heavy (non-hydrogen) atoms. The fourth-order valence-corrected chi connectivity index (χ4v) is 1.20. The van der Waals surface area contributed by atoms with Gasteiger partial charge in [0.25, 0.3) is 0 Å². The second kappa shape index (κ2) is 6.30. The Labute approximate surface area is 80.5 Å². The molecular formula is C5H11BrO3S2. The molecule has 1 unspecified atom stereocenters. The molecule has 0 aromatic carbocycles. The van der Waals surface area contributed by atoms with Crippen LogP contribution in [0.4, 0.5) is 0 Å². The molecule has 0 aliphatic heterocycles. The lowest BCUT2D eigenvalue weighted by Gasteiger charge is -2.02. The Morgan fingerprint density at radius 3 is 2.55 bits per heavy atom. The van der Waals surface area contributed by atoms with Crippen molar-refractivity contribution in [1.82, 2.24) is 0 Å². The molecule has 0 aromatic heterocycles. The van der Waals surface area contributed by atoms with Gasteiger partial charge in [0, 0.05) is 22.8 Å². The van der Waals surface area contributed by atoms with E-state index in [2.05, 4.69) is 27.1 Å². The van der Waals surface area contributed by atoms with Crippen LogP contribution in [0, 0.1) is 0 Å². The lowest BCUT2D eigenvalue weighted by molar-refractivity contribution is 0.117. The van der Waals surface area contributed by atoms with Gasteiger partial charge in [-0.3, -0.25) is 4.18 Å². The standard InChI is InChI=1S/C5H11BrO3S2/c1-11(7,10)9-5-4-8-3-2-6/h2-5H2,1H3. The lowest BCUT2D eigenvalue weighted by Crippen LogP contribution is -2.09. The molecule has 0 N–H and O–H groups in total. The summed E-state index contributed by atoms with van der Waals surface area (Å²) in [5, 5.41) is 0.794. The number of hydrogen-bond donors (Lipinski definition) is 0. The van der Waals surface area contributed by atoms with Gasteiger partial charge in [-0.25, -0.2) is 4.21 Å². The molecule has 0 saturated heterocycles. The quantitative estimate of drug-likeness (QED) is 0.522. The summed E-state index contributed by atoms with van der Waals surface area (Å²) < 4.78 is 20.6. The van der Waals surface area contributed by atoms with Crippen molar-refractivity contribution >= 4 is 35.9 Å². The van der Waals surface area contributed by atoms with Crippen LogP contribution in [-0.4, -0.2) is 35.6 Å². The van der Waals surface area contributed by atoms with Crippen LogP contribution < -0.4 is 0 Å². The molecule has 0 aliphatic rings. The number of rotatable bonds is 6. The Hall–Kier alpha value is 0.770. The van der Waals surface area contributed by atoms with Crippen molar-refractivity contribution in [2.24, 2.45) is 0 Å². The topological polar surface area (TPSA) is 35.5 Å². The average Bonchev–Trinajstić information content (AvgIpc) is 1.85. The van der Waals surface area contributed by atoms with E-state index in [0.717, 1.165) is 5.33 Å². The molecule has 3 nitrogen and oxygen atoms in total. The molecule has 0 radical (unpaired) electrons. The maximum Gasteiger partial charge on any atom is 0.141 e. The van der Waals surface area contributed by atoms with E-state index in [4.69, 9.17) is 8.92 Å². The van der Waals surface area contributed by atoms with Crippen molar-refractivity contribution in [2.45, 2.75) is 0 Å². The maximum atomic E-state index is 10.7. The lowest BCUT2D eigenvalue weighted by atomic mass is 10.8. The normalized spacial score (nSPS) is 16.2. The fourth-order valence-electron chi connectivity index (χ4n) is 0.401. The van der Waals surface area contributed by atoms with E-state index in [1.807, 2.05) is 0 Å². The summed E-state index contributed by atoms with van der Waals surface area (Å²) in [6, 6.07) is 0. The highest BCUT2D eigenvalue weighted by molar-refractivity contribution is 9.09. The van der Waals surface area contributed by atoms with E-state index in [0.29, 0.717) is 19.8 Å². The molecule has 0 heterocycles. The van der Waals surface area contributed by atoms with Gasteiger partial charge >= 0.3 is 0 Å². The minimum atomic E-state index is -2.47. The minimum absolute atomic E-state index is 0.297. The number of hydrogen-bond acceptors (Lipinski definition) is 4. The van der Waals surface area contributed by atoms with Gasteiger partial charge < -0.3 is 4.74 Å². The van der Waals surface area contributed by atoms with E-state index in [9.17, 15) is 4.21 Å². The molecule has 0 aliphatic carbocycles. The third kappa shape index (κ3) is 10.8. The van der Waals surface area contributed by atoms with E-state index >= 15 is 0 Å². The highest BCUT2D eigenvalue weighted by Gasteiger charge is 1.95. The van der Waals surface area contributed by atoms with E-state index in [1.165, 1.54) is 6.26 Å². The monoisotopic (exact) mass is 262 g/mol. The first-order chi connectivity index (χ1) is 5.06. The van der Waals surface area contributed by atoms with E-state index < -0.39 is 8.77 Å². The van der Waals surface area contributed by atoms with Crippen LogP contribution in [-0.2, 0) is 28.9 Å². The number of ether oxygens (including phenoxy) is 1. The van der Waals surface area contributed by atoms with Gasteiger partial charge in [-0.1, -0.05) is 15.9 Å². The smallest absolute Gasteiger partial charge is 0.141 e. The molecule has 0 amide bonds. The second-order valence-corrected chi connectivity index (χ2v) is 6.08. The molecule has 0 spiro atoms. The largest absolute Gasteiger partial charge is 0.378 e. The van der Waals surface area contributed by atoms with Crippen molar-refractivity contribution in [3.63, 3.8) is 0 Å². The van der Waals surface area contributed by atoms with Gasteiger partial charge in [0.05, 0.1) is 19.8 Å². The van der Waals surface area contributed by atoms with Gasteiger partial charge in [0.2, 0.25) is 0 Å². The first-order valence-corrected chi connectivity index (χ1v) is 6.98. The molecule has 0 fully saturated rings. The Kier molecular flexibility index (Phi) is 6.75. The summed E-state index contributed by atoms with van der Waals surface area (Å²) in [6.07, 6.45) is 1.38. The first-order valence-electron chi connectivity index (χ1n) is 3.04. The molecule has 0 saturated carbocycles. The van der Waals surface area contributed by atoms with Gasteiger partial charge in [0.15, 0.2) is 0 Å². The minimum Gasteiger partial charge on any atom is -0.378 e. The fraction of sp³-hybridized carbons (Fsp3) is 1.00. The highest BCUT2D eigenvalue weighted by Crippen LogP contribution is 1.88. The zero-order valence-corrected chi connectivity index (χ0v) is 9.47. The van der Waals surface area contributed by atoms with Crippen LogP contribution in [0.2, 0.25) is 0 Å². The van der Waals surface area contributed by atoms with Crippen LogP contribution in [0.5, 0.6) is 0 Å². The van der Waals surface area contributed by atoms with Crippen LogP contribution in [0.3, 0.4) is 0 Å². The summed E-state index contributed by atoms with van der Waals surface area (Å²) in [7, 11) is -2.47. The second-order valence-electron chi connectivity index (χ2n) is 1.83. The SMILES string of the molecule is CS(=O)(=S)OCCOCCBr. The third-order valence-corrected chi connectivity index (χ3v) is 1.95. The average molecular weight is 263 g/mol. The van der Waals surface area contributed by atoms with Gasteiger partial charge in [-0.2, -0.15) is 0 Å². The summed E-state index contributed by atoms with van der Waals surface area (Å²) in [6.45, 7) is 1.37. The third-order valence-electron chi connectivity index (χ3n) is 0.747. The molecule has 1 atom stereocenters. The summed E-state index contributed by atoms with van der Waals surface area (Å²) >= 11 is 7.70. The Morgan fingerprint density at radius 2 is 2.09 bits per heavy atom. The molecular weight excluding hydrogens is 252 g/mol. The van der Waals surface area contributed by atoms with Crippen molar-refractivity contribution in [2.75, 3.05) is 31.4 Å². The van der Waals surface area contributed by atoms with Gasteiger partial charge in [0.1, 0.15) is 8.77 Å². The summed E-state index contributed by atoms with van der Waals surface area (Å²) in [5.41, 5.74) is 0. The zero-order chi connectivity index (χ0) is 8.74. The van der Waals surface area contributed by atoms with E-state index in [-0.39, 0.29) is 0 Å². The Bertz CT molecular complexity index is 178. The zero-order valence-electron chi connectivity index (χ0n) is 6.25. The molecule has 0 bridgehead atoms. The van der Waals surface area contributed by atoms with Crippen molar-refractivity contribution in [1.29, 1.82) is 0 Å². The molecule has 0 rings (SSSR count). The van der Waals surface area contributed by atoms with Crippen molar-refractivity contribution in [3.8, 4) is 0 Å². The molecule has 6 heteroatoms. The van der Waals surface area contributed by atoms with Gasteiger partial charge in [-0.15, -0.1) is 0 Å². The van der Waals surface area contributed by atoms with Crippen LogP contribution in [0.15, 0.2) is 0 Å². The number of halogens is 1. The maximum absolute atomic E-state index is 10.7. The van der Waals surface area contributed by atoms with Crippen molar-refractivity contribution < 1.29 is 13.1 Å². The van der Waals surface area contributed by atoms with Crippen LogP contribution in [0.25, 0.3) is 0 Å². The highest BCUT2D eigenvalue weighted by atomic mass is 79.9. The molecule has 0 aromatic rings. The number of alkyl halides is 1. The van der Waals surface area contributed by atoms with Crippen LogP contribution in [0.1, 0.15) is 0 Å².